The smallest absolute Gasteiger partial charge is 0.320 e. The normalized spacial score (nSPS) is 10.8. The number of aliphatic carboxylic acids is 1. The minimum absolute atomic E-state index is 0.385. The van der Waals surface area contributed by atoms with Crippen LogP contribution < -0.4 is 17.2 Å². The highest BCUT2D eigenvalue weighted by atomic mass is 16.4. The monoisotopic (exact) mass is 225 g/mol. The van der Waals surface area contributed by atoms with Crippen molar-refractivity contribution in [1.82, 2.24) is 0 Å². The van der Waals surface area contributed by atoms with Crippen molar-refractivity contribution >= 4 is 12.0 Å². The molecule has 7 N–H and O–H groups in total. The van der Waals surface area contributed by atoms with Gasteiger partial charge >= 0.3 is 12.0 Å². The number of carboxylic acid groups (broad SMARTS) is 1. The molecule has 0 saturated heterocycles. The highest BCUT2D eigenvalue weighted by Gasteiger charge is 2.10. The Morgan fingerprint density at radius 2 is 1.62 bits per heavy atom. The van der Waals surface area contributed by atoms with E-state index in [1.54, 1.807) is 0 Å². The van der Waals surface area contributed by atoms with E-state index in [4.69, 9.17) is 15.6 Å². The fourth-order valence-electron chi connectivity index (χ4n) is 0.955. The molecule has 0 bridgehead atoms. The van der Waals surface area contributed by atoms with E-state index >= 15 is 0 Å². The average Bonchev–Trinajstić information content (AvgIpc) is 2.18. The van der Waals surface area contributed by atoms with Gasteiger partial charge in [0.25, 0.3) is 0 Å². The molecule has 6 nitrogen and oxygen atoms in total. The van der Waals surface area contributed by atoms with Gasteiger partial charge in [-0.1, -0.05) is 30.3 Å². The van der Waals surface area contributed by atoms with Crippen LogP contribution in [0, 0.1) is 0 Å². The summed E-state index contributed by atoms with van der Waals surface area (Å²) in [6.07, 6.45) is 0.385. The highest BCUT2D eigenvalue weighted by Crippen LogP contribution is 2.01. The summed E-state index contributed by atoms with van der Waals surface area (Å²) in [5.41, 5.74) is 14.8. The molecule has 0 radical (unpaired) electrons. The van der Waals surface area contributed by atoms with Gasteiger partial charge in [-0.25, -0.2) is 4.79 Å². The van der Waals surface area contributed by atoms with E-state index in [0.717, 1.165) is 5.56 Å². The lowest BCUT2D eigenvalue weighted by Gasteiger charge is -2.04. The summed E-state index contributed by atoms with van der Waals surface area (Å²) in [7, 11) is 0. The summed E-state index contributed by atoms with van der Waals surface area (Å²) < 4.78 is 0. The lowest BCUT2D eigenvalue weighted by atomic mass is 10.1. The van der Waals surface area contributed by atoms with Gasteiger partial charge in [0.1, 0.15) is 6.04 Å². The molecule has 1 unspecified atom stereocenters. The number of rotatable bonds is 3. The van der Waals surface area contributed by atoms with Crippen LogP contribution in [0.3, 0.4) is 0 Å². The van der Waals surface area contributed by atoms with Crippen molar-refractivity contribution in [2.24, 2.45) is 17.2 Å². The van der Waals surface area contributed by atoms with Gasteiger partial charge in [-0.05, 0) is 12.0 Å². The van der Waals surface area contributed by atoms with Gasteiger partial charge < -0.3 is 22.3 Å². The molecule has 0 spiro atoms. The Balaban J connectivity index is 0.000000487. The van der Waals surface area contributed by atoms with Gasteiger partial charge in [0.2, 0.25) is 0 Å². The summed E-state index contributed by atoms with van der Waals surface area (Å²) in [6.45, 7) is 0. The van der Waals surface area contributed by atoms with E-state index < -0.39 is 18.0 Å². The third kappa shape index (κ3) is 7.34. The fourth-order valence-corrected chi connectivity index (χ4v) is 0.955. The number of hydrogen-bond donors (Lipinski definition) is 4. The zero-order chi connectivity index (χ0) is 12.6. The maximum Gasteiger partial charge on any atom is 0.320 e. The van der Waals surface area contributed by atoms with Gasteiger partial charge in [-0.3, -0.25) is 4.79 Å². The van der Waals surface area contributed by atoms with Gasteiger partial charge in [-0.15, -0.1) is 0 Å². The Hall–Kier alpha value is -2.08. The molecule has 0 heterocycles. The predicted molar refractivity (Wildman–Crippen MR) is 59.5 cm³/mol. The van der Waals surface area contributed by atoms with Crippen LogP contribution >= 0.6 is 0 Å². The first-order valence-electron chi connectivity index (χ1n) is 4.50. The number of carbonyl (C=O) groups excluding carboxylic acids is 1. The molecule has 0 aliphatic rings. The molecule has 1 aromatic rings. The van der Waals surface area contributed by atoms with Crippen LogP contribution in [0.5, 0.6) is 0 Å². The van der Waals surface area contributed by atoms with Crippen LogP contribution in [0.4, 0.5) is 4.79 Å². The summed E-state index contributed by atoms with van der Waals surface area (Å²) in [4.78, 5) is 19.4. The molecule has 0 aliphatic heterocycles. The molecular formula is C10H15N3O3. The third-order valence-corrected chi connectivity index (χ3v) is 1.62. The Morgan fingerprint density at radius 3 is 2.00 bits per heavy atom. The van der Waals surface area contributed by atoms with Crippen molar-refractivity contribution in [3.8, 4) is 0 Å². The van der Waals surface area contributed by atoms with Crippen molar-refractivity contribution in [2.75, 3.05) is 0 Å². The zero-order valence-corrected chi connectivity index (χ0v) is 8.67. The minimum atomic E-state index is -0.959. The molecule has 0 aromatic heterocycles. The van der Waals surface area contributed by atoms with Crippen LogP contribution in [0.2, 0.25) is 0 Å². The van der Waals surface area contributed by atoms with Crippen LogP contribution in [-0.4, -0.2) is 23.1 Å². The van der Waals surface area contributed by atoms with Crippen molar-refractivity contribution in [2.45, 2.75) is 12.5 Å². The average molecular weight is 225 g/mol. The Morgan fingerprint density at radius 1 is 1.19 bits per heavy atom. The van der Waals surface area contributed by atoms with E-state index in [1.165, 1.54) is 0 Å². The maximum absolute atomic E-state index is 10.4. The lowest BCUT2D eigenvalue weighted by Crippen LogP contribution is -2.32. The van der Waals surface area contributed by atoms with Crippen molar-refractivity contribution in [3.05, 3.63) is 35.9 Å². The van der Waals surface area contributed by atoms with Crippen LogP contribution in [0.15, 0.2) is 30.3 Å². The number of nitrogens with two attached hydrogens (primary N) is 3. The molecule has 6 heteroatoms. The third-order valence-electron chi connectivity index (χ3n) is 1.62. The van der Waals surface area contributed by atoms with E-state index in [-0.39, 0.29) is 0 Å². The minimum Gasteiger partial charge on any atom is -0.480 e. The molecular weight excluding hydrogens is 210 g/mol. The largest absolute Gasteiger partial charge is 0.480 e. The molecule has 1 aromatic carbocycles. The first kappa shape index (κ1) is 13.9. The topological polar surface area (TPSA) is 132 Å². The van der Waals surface area contributed by atoms with E-state index in [9.17, 15) is 4.79 Å². The number of carboxylic acids is 1. The zero-order valence-electron chi connectivity index (χ0n) is 8.67. The first-order valence-corrected chi connectivity index (χ1v) is 4.50. The molecule has 2 amide bonds. The van der Waals surface area contributed by atoms with Crippen molar-refractivity contribution in [3.63, 3.8) is 0 Å². The van der Waals surface area contributed by atoms with E-state index in [1.807, 2.05) is 30.3 Å². The molecule has 16 heavy (non-hydrogen) atoms. The Bertz CT molecular complexity index is 336. The standard InChI is InChI=1S/C9H11NO2.CH4N2O/c10-8(9(11)12)6-7-4-2-1-3-5-7;2-1(3)4/h1-5,8H,6,10H2,(H,11,12);(H4,2,3,4). The van der Waals surface area contributed by atoms with Gasteiger partial charge in [-0.2, -0.15) is 0 Å². The maximum atomic E-state index is 10.4. The van der Waals surface area contributed by atoms with Crippen molar-refractivity contribution < 1.29 is 14.7 Å². The SMILES string of the molecule is NC(Cc1ccccc1)C(=O)O.NC(N)=O. The van der Waals surface area contributed by atoms with Crippen LogP contribution in [0.1, 0.15) is 5.56 Å². The number of primary amides is 2. The van der Waals surface area contributed by atoms with Crippen LogP contribution in [0.25, 0.3) is 0 Å². The summed E-state index contributed by atoms with van der Waals surface area (Å²) in [6, 6.07) is 7.71. The number of amides is 2. The number of urea groups is 1. The second kappa shape index (κ2) is 7.24. The van der Waals surface area contributed by atoms with Gasteiger partial charge in [0.05, 0.1) is 0 Å². The second-order valence-electron chi connectivity index (χ2n) is 3.04. The van der Waals surface area contributed by atoms with E-state index in [0.29, 0.717) is 6.42 Å². The van der Waals surface area contributed by atoms with Gasteiger partial charge in [0, 0.05) is 0 Å². The predicted octanol–water partition coefficient (Wildman–Crippen LogP) is -0.335. The first-order chi connectivity index (χ1) is 7.43. The number of benzene rings is 1. The van der Waals surface area contributed by atoms with Gasteiger partial charge in [0.15, 0.2) is 0 Å². The fraction of sp³-hybridized carbons (Fsp3) is 0.200. The molecule has 0 aliphatic carbocycles. The second-order valence-corrected chi connectivity index (χ2v) is 3.04. The van der Waals surface area contributed by atoms with Crippen molar-refractivity contribution in [1.29, 1.82) is 0 Å². The Labute approximate surface area is 93.0 Å². The summed E-state index contributed by atoms with van der Waals surface area (Å²) >= 11 is 0. The van der Waals surface area contributed by atoms with Crippen LogP contribution in [-0.2, 0) is 11.2 Å². The molecule has 1 atom stereocenters. The molecule has 0 fully saturated rings. The Kier molecular flexibility index (Phi) is 6.30. The molecule has 88 valence electrons. The molecule has 0 saturated carbocycles. The number of carbonyl (C=O) groups is 2. The molecule has 1 rings (SSSR count). The van der Waals surface area contributed by atoms with E-state index in [2.05, 4.69) is 11.5 Å². The quantitative estimate of drug-likeness (QED) is 0.560. The summed E-state index contributed by atoms with van der Waals surface area (Å²) in [5.74, 6) is -0.959. The lowest BCUT2D eigenvalue weighted by molar-refractivity contribution is -0.138. The highest BCUT2D eigenvalue weighted by molar-refractivity contribution is 5.73. The summed E-state index contributed by atoms with van der Waals surface area (Å²) in [5, 5.41) is 8.52. The number of hydrogen-bond acceptors (Lipinski definition) is 3.